The van der Waals surface area contributed by atoms with E-state index in [0.717, 1.165) is 6.26 Å². The Morgan fingerprint density at radius 2 is 1.95 bits per heavy atom. The molecule has 0 saturated carbocycles. The van der Waals surface area contributed by atoms with Gasteiger partial charge in [0.25, 0.3) is 0 Å². The van der Waals surface area contributed by atoms with Crippen molar-refractivity contribution in [3.8, 4) is 0 Å². The third-order valence-corrected chi connectivity index (χ3v) is 5.65. The van der Waals surface area contributed by atoms with Crippen LogP contribution in [0.1, 0.15) is 12.8 Å². The van der Waals surface area contributed by atoms with Gasteiger partial charge in [-0.25, -0.2) is 12.7 Å². The van der Waals surface area contributed by atoms with Crippen molar-refractivity contribution in [3.63, 3.8) is 0 Å². The third kappa shape index (κ3) is 4.63. The van der Waals surface area contributed by atoms with Crippen molar-refractivity contribution < 1.29 is 23.1 Å². The summed E-state index contributed by atoms with van der Waals surface area (Å²) in [7, 11) is -3.37. The van der Waals surface area contributed by atoms with Crippen LogP contribution in [0, 0.1) is 5.92 Å². The van der Waals surface area contributed by atoms with E-state index in [0.29, 0.717) is 52.2 Å². The molecule has 3 N–H and O–H groups in total. The molecule has 128 valence electrons. The molecule has 22 heavy (non-hydrogen) atoms. The van der Waals surface area contributed by atoms with E-state index in [-0.39, 0.29) is 6.54 Å². The van der Waals surface area contributed by atoms with E-state index < -0.39 is 27.4 Å². The number of aliphatic hydroxyl groups is 1. The van der Waals surface area contributed by atoms with Crippen LogP contribution in [0.2, 0.25) is 0 Å². The maximum Gasteiger partial charge on any atom is 0.223 e. The number of carbonyl (C=O) groups excluding carboxylic acids is 1. The van der Waals surface area contributed by atoms with E-state index in [2.05, 4.69) is 0 Å². The van der Waals surface area contributed by atoms with Crippen molar-refractivity contribution in [1.82, 2.24) is 9.21 Å². The molecule has 2 aliphatic rings. The molecule has 2 heterocycles. The van der Waals surface area contributed by atoms with E-state index in [1.54, 1.807) is 0 Å². The molecule has 0 spiro atoms. The van der Waals surface area contributed by atoms with E-state index in [4.69, 9.17) is 10.5 Å². The highest BCUT2D eigenvalue weighted by Gasteiger charge is 2.36. The first kappa shape index (κ1) is 17.6. The van der Waals surface area contributed by atoms with Gasteiger partial charge in [-0.15, -0.1) is 0 Å². The molecule has 0 aromatic carbocycles. The van der Waals surface area contributed by atoms with Crippen molar-refractivity contribution in [3.05, 3.63) is 0 Å². The van der Waals surface area contributed by atoms with Crippen LogP contribution in [-0.4, -0.2) is 86.4 Å². The summed E-state index contributed by atoms with van der Waals surface area (Å²) in [5, 5.41) is 10.6. The highest BCUT2D eigenvalue weighted by Crippen LogP contribution is 2.23. The lowest BCUT2D eigenvalue weighted by atomic mass is 9.93. The molecule has 0 aromatic heterocycles. The molecule has 0 aromatic rings. The fourth-order valence-corrected chi connectivity index (χ4v) is 3.87. The van der Waals surface area contributed by atoms with E-state index in [9.17, 15) is 18.3 Å². The highest BCUT2D eigenvalue weighted by molar-refractivity contribution is 7.88. The lowest BCUT2D eigenvalue weighted by Crippen LogP contribution is -2.49. The summed E-state index contributed by atoms with van der Waals surface area (Å²) < 4.78 is 30.1. The minimum absolute atomic E-state index is 0.103. The minimum atomic E-state index is -3.37. The predicted molar refractivity (Wildman–Crippen MR) is 80.5 cm³/mol. The Morgan fingerprint density at radius 3 is 2.50 bits per heavy atom. The Kier molecular flexibility index (Phi) is 5.44. The molecule has 0 aliphatic carbocycles. The first-order valence-corrected chi connectivity index (χ1v) is 9.31. The summed E-state index contributed by atoms with van der Waals surface area (Å²) in [6.07, 6.45) is 2.22. The molecular formula is C13H25N3O5S. The highest BCUT2D eigenvalue weighted by atomic mass is 32.2. The number of carbonyl (C=O) groups is 1. The van der Waals surface area contributed by atoms with Gasteiger partial charge in [0.05, 0.1) is 17.8 Å². The number of amides is 1. The zero-order valence-corrected chi connectivity index (χ0v) is 13.7. The number of sulfonamides is 1. The normalized spacial score (nSPS) is 28.2. The van der Waals surface area contributed by atoms with Gasteiger partial charge in [0.15, 0.2) is 0 Å². The summed E-state index contributed by atoms with van der Waals surface area (Å²) >= 11 is 0. The maximum atomic E-state index is 11.8. The van der Waals surface area contributed by atoms with Crippen molar-refractivity contribution >= 4 is 15.9 Å². The van der Waals surface area contributed by atoms with E-state index >= 15 is 0 Å². The average molecular weight is 335 g/mol. The van der Waals surface area contributed by atoms with Crippen molar-refractivity contribution in [2.45, 2.75) is 18.4 Å². The zero-order valence-electron chi connectivity index (χ0n) is 12.9. The Bertz CT molecular complexity index is 504. The lowest BCUT2D eigenvalue weighted by molar-refractivity contribution is -0.123. The van der Waals surface area contributed by atoms with Gasteiger partial charge in [0, 0.05) is 58.8 Å². The Morgan fingerprint density at radius 1 is 1.32 bits per heavy atom. The first-order valence-electron chi connectivity index (χ1n) is 7.46. The topological polar surface area (TPSA) is 113 Å². The van der Waals surface area contributed by atoms with Gasteiger partial charge >= 0.3 is 0 Å². The van der Waals surface area contributed by atoms with Gasteiger partial charge in [0.2, 0.25) is 15.9 Å². The number of primary amides is 1. The summed E-state index contributed by atoms with van der Waals surface area (Å²) in [6, 6.07) is 0. The summed E-state index contributed by atoms with van der Waals surface area (Å²) in [5.74, 6) is -1.08. The minimum Gasteiger partial charge on any atom is -0.388 e. The number of nitrogens with two attached hydrogens (primary N) is 1. The van der Waals surface area contributed by atoms with Crippen molar-refractivity contribution in [2.75, 3.05) is 52.2 Å². The summed E-state index contributed by atoms with van der Waals surface area (Å²) in [4.78, 5) is 13.5. The van der Waals surface area contributed by atoms with Gasteiger partial charge in [-0.1, -0.05) is 0 Å². The van der Waals surface area contributed by atoms with Crippen LogP contribution in [0.3, 0.4) is 0 Å². The smallest absolute Gasteiger partial charge is 0.223 e. The monoisotopic (exact) mass is 335 g/mol. The van der Waals surface area contributed by atoms with Crippen LogP contribution in [0.25, 0.3) is 0 Å². The standard InChI is InChI=1S/C13H25N3O5S/c1-22(19,20)16-5-4-15(8-11(9-16)12(14)17)10-13(18)2-6-21-7-3-13/h11,18H,2-10H2,1H3,(H2,14,17)/t11-/m0/s1. The average Bonchev–Trinajstić information content (AvgIpc) is 2.61. The molecule has 2 rings (SSSR count). The third-order valence-electron chi connectivity index (χ3n) is 4.38. The second-order valence-electron chi connectivity index (χ2n) is 6.29. The summed E-state index contributed by atoms with van der Waals surface area (Å²) in [6.45, 7) is 2.67. The maximum absolute atomic E-state index is 11.8. The van der Waals surface area contributed by atoms with Gasteiger partial charge in [-0.2, -0.15) is 0 Å². The van der Waals surface area contributed by atoms with Crippen molar-refractivity contribution in [2.24, 2.45) is 11.7 Å². The Balaban J connectivity index is 2.07. The zero-order chi connectivity index (χ0) is 16.4. The van der Waals surface area contributed by atoms with Gasteiger partial charge in [-0.3, -0.25) is 9.69 Å². The second-order valence-corrected chi connectivity index (χ2v) is 8.27. The molecule has 9 heteroatoms. The van der Waals surface area contributed by atoms with E-state index in [1.807, 2.05) is 4.90 Å². The number of nitrogens with zero attached hydrogens (tertiary/aromatic N) is 2. The Hall–Kier alpha value is -0.740. The van der Waals surface area contributed by atoms with Gasteiger partial charge in [-0.05, 0) is 0 Å². The van der Waals surface area contributed by atoms with Gasteiger partial charge < -0.3 is 15.6 Å². The quantitative estimate of drug-likeness (QED) is 0.627. The summed E-state index contributed by atoms with van der Waals surface area (Å²) in [5.41, 5.74) is 4.55. The predicted octanol–water partition coefficient (Wildman–Crippen LogP) is -1.79. The molecule has 2 saturated heterocycles. The number of β-amino-alcohol motifs (C(OH)–C–C–N with tert-alkyl or cyclic N) is 1. The lowest BCUT2D eigenvalue weighted by Gasteiger charge is -2.37. The fourth-order valence-electron chi connectivity index (χ4n) is 3.00. The SMILES string of the molecule is CS(=O)(=O)N1CCN(CC2(O)CCOCC2)C[C@H](C(N)=O)C1. The number of rotatable bonds is 4. The van der Waals surface area contributed by atoms with Crippen LogP contribution in [0.4, 0.5) is 0 Å². The van der Waals surface area contributed by atoms with E-state index in [1.165, 1.54) is 4.31 Å². The molecule has 1 atom stereocenters. The van der Waals surface area contributed by atoms with Crippen molar-refractivity contribution in [1.29, 1.82) is 0 Å². The molecule has 2 fully saturated rings. The number of ether oxygens (including phenoxy) is 1. The number of hydrogen-bond donors (Lipinski definition) is 2. The second kappa shape index (κ2) is 6.79. The Labute approximate surface area is 131 Å². The number of hydrogen-bond acceptors (Lipinski definition) is 6. The van der Waals surface area contributed by atoms with Crippen LogP contribution in [0.5, 0.6) is 0 Å². The molecule has 1 amide bonds. The first-order chi connectivity index (χ1) is 10.2. The molecular weight excluding hydrogens is 310 g/mol. The molecule has 0 bridgehead atoms. The molecule has 2 aliphatic heterocycles. The molecule has 0 unspecified atom stereocenters. The van der Waals surface area contributed by atoms with Gasteiger partial charge in [0.1, 0.15) is 0 Å². The largest absolute Gasteiger partial charge is 0.388 e. The van der Waals surface area contributed by atoms with Crippen LogP contribution in [-0.2, 0) is 19.6 Å². The molecule has 8 nitrogen and oxygen atoms in total. The van der Waals surface area contributed by atoms with Crippen LogP contribution < -0.4 is 5.73 Å². The van der Waals surface area contributed by atoms with Crippen LogP contribution in [0.15, 0.2) is 0 Å². The fraction of sp³-hybridized carbons (Fsp3) is 0.923. The molecule has 0 radical (unpaired) electrons. The van der Waals surface area contributed by atoms with Crippen LogP contribution >= 0.6 is 0 Å².